The van der Waals surface area contributed by atoms with Gasteiger partial charge in [0.2, 0.25) is 5.82 Å². The highest BCUT2D eigenvalue weighted by atomic mass is 16.5. The number of benzene rings is 2. The zero-order valence-electron chi connectivity index (χ0n) is 15.9. The summed E-state index contributed by atoms with van der Waals surface area (Å²) in [5.74, 6) is 1.62. The first-order valence-corrected chi connectivity index (χ1v) is 9.51. The zero-order valence-corrected chi connectivity index (χ0v) is 15.9. The molecule has 3 aromatic rings. The Bertz CT molecular complexity index is 776. The fourth-order valence-electron chi connectivity index (χ4n) is 2.80. The molecular formula is C21H27N5O. The van der Waals surface area contributed by atoms with Gasteiger partial charge in [0.05, 0.1) is 6.54 Å². The molecule has 27 heavy (non-hydrogen) atoms. The summed E-state index contributed by atoms with van der Waals surface area (Å²) >= 11 is 0. The highest BCUT2D eigenvalue weighted by molar-refractivity contribution is 5.52. The number of rotatable bonds is 11. The summed E-state index contributed by atoms with van der Waals surface area (Å²) in [5.41, 5.74) is 1.00. The highest BCUT2D eigenvalue weighted by Gasteiger charge is 2.05. The highest BCUT2D eigenvalue weighted by Crippen LogP contribution is 2.12. The van der Waals surface area contributed by atoms with Crippen LogP contribution in [0, 0.1) is 0 Å². The van der Waals surface area contributed by atoms with Crippen molar-refractivity contribution in [1.29, 1.82) is 0 Å². The van der Waals surface area contributed by atoms with Gasteiger partial charge in [0.1, 0.15) is 12.4 Å². The number of aryl methyl sites for hydroxylation is 1. The Hall–Kier alpha value is -2.73. The normalized spacial score (nSPS) is 11.0. The van der Waals surface area contributed by atoms with Gasteiger partial charge < -0.3 is 9.64 Å². The van der Waals surface area contributed by atoms with Crippen LogP contribution in [0.2, 0.25) is 0 Å². The maximum atomic E-state index is 5.73. The van der Waals surface area contributed by atoms with E-state index < -0.39 is 0 Å². The molecule has 3 rings (SSSR count). The van der Waals surface area contributed by atoms with E-state index in [-0.39, 0.29) is 0 Å². The van der Waals surface area contributed by atoms with Crippen LogP contribution in [0.25, 0.3) is 11.4 Å². The molecule has 0 aliphatic heterocycles. The fraction of sp³-hybridized carbons (Fsp3) is 0.381. The van der Waals surface area contributed by atoms with Gasteiger partial charge in [-0.05, 0) is 43.8 Å². The Morgan fingerprint density at radius 2 is 1.63 bits per heavy atom. The number of likely N-dealkylation sites (N-methyl/N-ethyl adjacent to an activating group) is 1. The molecule has 6 heteroatoms. The summed E-state index contributed by atoms with van der Waals surface area (Å²) in [6.07, 6.45) is 3.35. The summed E-state index contributed by atoms with van der Waals surface area (Å²) in [4.78, 5) is 4.00. The third kappa shape index (κ3) is 6.49. The number of para-hydroxylation sites is 1. The maximum Gasteiger partial charge on any atom is 0.204 e. The second-order valence-corrected chi connectivity index (χ2v) is 6.60. The van der Waals surface area contributed by atoms with E-state index in [0.717, 1.165) is 50.2 Å². The van der Waals surface area contributed by atoms with Gasteiger partial charge in [-0.2, -0.15) is 4.80 Å². The van der Waals surface area contributed by atoms with Gasteiger partial charge in [0.15, 0.2) is 0 Å². The van der Waals surface area contributed by atoms with Crippen LogP contribution in [0.3, 0.4) is 0 Å². The molecule has 1 aromatic heterocycles. The van der Waals surface area contributed by atoms with Crippen LogP contribution in [0.15, 0.2) is 60.7 Å². The van der Waals surface area contributed by atoms with Crippen molar-refractivity contribution in [3.63, 3.8) is 0 Å². The third-order valence-corrected chi connectivity index (χ3v) is 4.37. The van der Waals surface area contributed by atoms with E-state index in [4.69, 9.17) is 4.74 Å². The van der Waals surface area contributed by atoms with E-state index in [1.54, 1.807) is 4.80 Å². The zero-order chi connectivity index (χ0) is 18.7. The van der Waals surface area contributed by atoms with Crippen LogP contribution in [-0.4, -0.2) is 51.9 Å². The van der Waals surface area contributed by atoms with Crippen LogP contribution >= 0.6 is 0 Å². The molecule has 142 valence electrons. The molecule has 2 aromatic carbocycles. The second-order valence-electron chi connectivity index (χ2n) is 6.60. The van der Waals surface area contributed by atoms with Crippen molar-refractivity contribution in [3.8, 4) is 17.1 Å². The third-order valence-electron chi connectivity index (χ3n) is 4.37. The summed E-state index contributed by atoms with van der Waals surface area (Å²) in [5, 5.41) is 12.7. The first-order valence-electron chi connectivity index (χ1n) is 9.51. The van der Waals surface area contributed by atoms with Crippen molar-refractivity contribution in [1.82, 2.24) is 25.1 Å². The summed E-state index contributed by atoms with van der Waals surface area (Å²) in [6.45, 7) is 3.52. The van der Waals surface area contributed by atoms with Crippen molar-refractivity contribution in [2.24, 2.45) is 0 Å². The lowest BCUT2D eigenvalue weighted by Crippen LogP contribution is -2.25. The molecule has 0 unspecified atom stereocenters. The predicted molar refractivity (Wildman–Crippen MR) is 107 cm³/mol. The molecule has 0 bridgehead atoms. The molecule has 6 nitrogen and oxygen atoms in total. The molecule has 0 aliphatic carbocycles. The predicted octanol–water partition coefficient (Wildman–Crippen LogP) is 3.52. The Kier molecular flexibility index (Phi) is 7.35. The monoisotopic (exact) mass is 365 g/mol. The van der Waals surface area contributed by atoms with E-state index in [1.165, 1.54) is 0 Å². The first-order chi connectivity index (χ1) is 13.3. The Morgan fingerprint density at radius 3 is 2.41 bits per heavy atom. The van der Waals surface area contributed by atoms with E-state index in [0.29, 0.717) is 12.4 Å². The standard InChI is InChI=1S/C21H27N5O/c1-25(17-18-27-20-13-7-3-8-14-20)15-9-4-10-16-26-23-21(22-24-26)19-11-5-2-6-12-19/h2-3,5-8,11-14H,4,9-10,15-18H2,1H3. The van der Waals surface area contributed by atoms with Gasteiger partial charge in [-0.3, -0.25) is 0 Å². The van der Waals surface area contributed by atoms with Gasteiger partial charge >= 0.3 is 0 Å². The topological polar surface area (TPSA) is 56.1 Å². The number of unbranched alkanes of at least 4 members (excludes halogenated alkanes) is 2. The molecule has 0 amide bonds. The van der Waals surface area contributed by atoms with E-state index in [1.807, 2.05) is 60.7 Å². The van der Waals surface area contributed by atoms with E-state index in [9.17, 15) is 0 Å². The number of nitrogens with zero attached hydrogens (tertiary/aromatic N) is 5. The molecule has 0 spiro atoms. The molecular weight excluding hydrogens is 338 g/mol. The lowest BCUT2D eigenvalue weighted by atomic mass is 10.2. The van der Waals surface area contributed by atoms with E-state index in [2.05, 4.69) is 27.4 Å². The van der Waals surface area contributed by atoms with Crippen LogP contribution in [-0.2, 0) is 6.54 Å². The average Bonchev–Trinajstić information content (AvgIpc) is 3.18. The number of hydrogen-bond acceptors (Lipinski definition) is 5. The maximum absolute atomic E-state index is 5.73. The minimum absolute atomic E-state index is 0.689. The molecule has 0 saturated heterocycles. The average molecular weight is 365 g/mol. The number of hydrogen-bond donors (Lipinski definition) is 0. The van der Waals surface area contributed by atoms with Crippen LogP contribution < -0.4 is 4.74 Å². The molecule has 0 atom stereocenters. The molecule has 1 heterocycles. The lowest BCUT2D eigenvalue weighted by Gasteiger charge is -2.16. The Balaban J connectivity index is 1.26. The van der Waals surface area contributed by atoms with Crippen molar-refractivity contribution in [3.05, 3.63) is 60.7 Å². The van der Waals surface area contributed by atoms with Crippen molar-refractivity contribution in [2.45, 2.75) is 25.8 Å². The minimum atomic E-state index is 0.689. The van der Waals surface area contributed by atoms with Crippen molar-refractivity contribution < 1.29 is 4.74 Å². The molecule has 0 N–H and O–H groups in total. The summed E-state index contributed by atoms with van der Waals surface area (Å²) < 4.78 is 5.73. The smallest absolute Gasteiger partial charge is 0.204 e. The summed E-state index contributed by atoms with van der Waals surface area (Å²) in [6, 6.07) is 19.9. The Labute approximate surface area is 160 Å². The minimum Gasteiger partial charge on any atom is -0.492 e. The number of ether oxygens (including phenoxy) is 1. The SMILES string of the molecule is CN(CCCCCn1nnc(-c2ccccc2)n1)CCOc1ccccc1. The Morgan fingerprint density at radius 1 is 0.889 bits per heavy atom. The second kappa shape index (κ2) is 10.4. The molecule has 0 saturated carbocycles. The van der Waals surface area contributed by atoms with Crippen molar-refractivity contribution in [2.75, 3.05) is 26.7 Å². The molecule has 0 radical (unpaired) electrons. The van der Waals surface area contributed by atoms with E-state index >= 15 is 0 Å². The van der Waals surface area contributed by atoms with Gasteiger partial charge in [0, 0.05) is 12.1 Å². The van der Waals surface area contributed by atoms with Gasteiger partial charge in [-0.1, -0.05) is 55.0 Å². The van der Waals surface area contributed by atoms with Gasteiger partial charge in [-0.15, -0.1) is 10.2 Å². The van der Waals surface area contributed by atoms with Gasteiger partial charge in [0.25, 0.3) is 0 Å². The fourth-order valence-corrected chi connectivity index (χ4v) is 2.80. The van der Waals surface area contributed by atoms with Crippen LogP contribution in [0.5, 0.6) is 5.75 Å². The number of aromatic nitrogens is 4. The summed E-state index contributed by atoms with van der Waals surface area (Å²) in [7, 11) is 2.14. The van der Waals surface area contributed by atoms with Crippen LogP contribution in [0.4, 0.5) is 0 Å². The van der Waals surface area contributed by atoms with Crippen molar-refractivity contribution >= 4 is 0 Å². The molecule has 0 fully saturated rings. The lowest BCUT2D eigenvalue weighted by molar-refractivity contribution is 0.234. The quantitative estimate of drug-likeness (QED) is 0.487. The van der Waals surface area contributed by atoms with Gasteiger partial charge in [-0.25, -0.2) is 0 Å². The van der Waals surface area contributed by atoms with Crippen LogP contribution in [0.1, 0.15) is 19.3 Å². The first kappa shape index (κ1) is 19.0. The number of tetrazole rings is 1. The largest absolute Gasteiger partial charge is 0.492 e. The molecule has 0 aliphatic rings.